The van der Waals surface area contributed by atoms with Gasteiger partial charge in [-0.15, -0.1) is 0 Å². The molecule has 0 aliphatic carbocycles. The molecular formula is C22H27F3N4O3S. The number of nitrogens with one attached hydrogen (secondary N) is 1. The highest BCUT2D eigenvalue weighted by molar-refractivity contribution is 7.89. The van der Waals surface area contributed by atoms with E-state index in [4.69, 9.17) is 0 Å². The van der Waals surface area contributed by atoms with Gasteiger partial charge in [-0.25, -0.2) is 13.4 Å². The van der Waals surface area contributed by atoms with Crippen LogP contribution in [0.3, 0.4) is 0 Å². The Hall–Kier alpha value is -2.66. The fraction of sp³-hybridized carbons (Fsp3) is 0.455. The highest BCUT2D eigenvalue weighted by Gasteiger charge is 2.31. The van der Waals surface area contributed by atoms with Crippen molar-refractivity contribution >= 4 is 21.7 Å². The minimum Gasteiger partial charge on any atom is -0.356 e. The van der Waals surface area contributed by atoms with E-state index in [0.29, 0.717) is 37.3 Å². The van der Waals surface area contributed by atoms with Crippen LogP contribution in [0.5, 0.6) is 0 Å². The van der Waals surface area contributed by atoms with Gasteiger partial charge in [0, 0.05) is 44.0 Å². The Morgan fingerprint density at radius 1 is 1.12 bits per heavy atom. The van der Waals surface area contributed by atoms with Gasteiger partial charge in [-0.2, -0.15) is 17.5 Å². The maximum atomic E-state index is 12.7. The second-order valence-electron chi connectivity index (χ2n) is 8.28. The smallest absolute Gasteiger partial charge is 0.356 e. The molecule has 180 valence electrons. The monoisotopic (exact) mass is 484 g/mol. The molecule has 1 amide bonds. The Bertz CT molecular complexity index is 1060. The Kier molecular flexibility index (Phi) is 7.32. The summed E-state index contributed by atoms with van der Waals surface area (Å²) in [4.78, 5) is 18.5. The number of benzene rings is 1. The van der Waals surface area contributed by atoms with Gasteiger partial charge in [-0.3, -0.25) is 4.79 Å². The Labute approximate surface area is 191 Å². The molecule has 0 bridgehead atoms. The van der Waals surface area contributed by atoms with Gasteiger partial charge in [0.2, 0.25) is 10.0 Å². The lowest BCUT2D eigenvalue weighted by atomic mass is 10.0. The van der Waals surface area contributed by atoms with E-state index in [9.17, 15) is 26.4 Å². The molecule has 0 atom stereocenters. The molecule has 2 heterocycles. The second kappa shape index (κ2) is 9.68. The molecule has 0 unspecified atom stereocenters. The normalized spacial score (nSPS) is 15.8. The first-order valence-electron chi connectivity index (χ1n) is 10.6. The Morgan fingerprint density at radius 2 is 1.73 bits per heavy atom. The molecule has 0 saturated carbocycles. The number of piperidine rings is 1. The summed E-state index contributed by atoms with van der Waals surface area (Å²) in [5.41, 5.74) is -0.434. The van der Waals surface area contributed by atoms with Crippen LogP contribution in [-0.2, 0) is 16.2 Å². The fourth-order valence-corrected chi connectivity index (χ4v) is 4.85. The molecule has 1 aliphatic rings. The third-order valence-corrected chi connectivity index (χ3v) is 7.80. The molecule has 0 radical (unpaired) electrons. The van der Waals surface area contributed by atoms with E-state index in [-0.39, 0.29) is 22.9 Å². The number of hydrogen-bond acceptors (Lipinski definition) is 5. The van der Waals surface area contributed by atoms with Gasteiger partial charge in [-0.05, 0) is 63.1 Å². The van der Waals surface area contributed by atoms with Crippen molar-refractivity contribution in [1.82, 2.24) is 14.6 Å². The quantitative estimate of drug-likeness (QED) is 0.679. The van der Waals surface area contributed by atoms with Crippen molar-refractivity contribution in [3.05, 3.63) is 53.7 Å². The number of carbonyl (C=O) groups is 1. The molecule has 3 rings (SSSR count). The fourth-order valence-electron chi connectivity index (χ4n) is 3.48. The number of amides is 1. The van der Waals surface area contributed by atoms with Crippen molar-refractivity contribution in [2.75, 3.05) is 25.0 Å². The van der Waals surface area contributed by atoms with Crippen LogP contribution in [0.1, 0.15) is 42.6 Å². The molecule has 7 nitrogen and oxygen atoms in total. The average Bonchev–Trinajstić information content (AvgIpc) is 2.78. The van der Waals surface area contributed by atoms with E-state index in [2.05, 4.69) is 10.3 Å². The van der Waals surface area contributed by atoms with Crippen molar-refractivity contribution in [2.45, 2.75) is 49.8 Å². The van der Waals surface area contributed by atoms with Crippen LogP contribution in [0.15, 0.2) is 47.5 Å². The number of carbonyl (C=O) groups excluding carboxylic acids is 1. The lowest BCUT2D eigenvalue weighted by molar-refractivity contribution is -0.137. The lowest BCUT2D eigenvalue weighted by Crippen LogP contribution is -2.45. The van der Waals surface area contributed by atoms with Gasteiger partial charge >= 0.3 is 6.18 Å². The van der Waals surface area contributed by atoms with Gasteiger partial charge in [-0.1, -0.05) is 0 Å². The predicted octanol–water partition coefficient (Wildman–Crippen LogP) is 3.53. The molecule has 1 aromatic heterocycles. The molecule has 1 saturated heterocycles. The molecule has 1 N–H and O–H groups in total. The second-order valence-corrected chi connectivity index (χ2v) is 10.3. The topological polar surface area (TPSA) is 82.6 Å². The van der Waals surface area contributed by atoms with Crippen LogP contribution < -0.4 is 10.2 Å². The van der Waals surface area contributed by atoms with E-state index >= 15 is 0 Å². The molecule has 2 aromatic rings. The first-order chi connectivity index (χ1) is 15.4. The molecule has 0 spiro atoms. The average molecular weight is 485 g/mol. The number of nitrogens with zero attached hydrogens (tertiary/aromatic N) is 3. The third kappa shape index (κ3) is 5.83. The van der Waals surface area contributed by atoms with Crippen LogP contribution in [0.4, 0.5) is 19.0 Å². The minimum absolute atomic E-state index is 0.0984. The molecule has 33 heavy (non-hydrogen) atoms. The number of alkyl halides is 3. The first kappa shape index (κ1) is 25.0. The SMILES string of the molecule is CC(C)N(C)S(=O)(=O)c1ccc(C(=O)NC2CCN(c3ccc(C(F)(F)F)cn3)CC2)cc1. The van der Waals surface area contributed by atoms with E-state index in [1.165, 1.54) is 41.7 Å². The largest absolute Gasteiger partial charge is 0.417 e. The zero-order valence-corrected chi connectivity index (χ0v) is 19.4. The molecule has 1 aromatic carbocycles. The van der Waals surface area contributed by atoms with Gasteiger partial charge in [0.15, 0.2) is 0 Å². The number of pyridine rings is 1. The van der Waals surface area contributed by atoms with Crippen LogP contribution >= 0.6 is 0 Å². The van der Waals surface area contributed by atoms with Crippen LogP contribution in [0, 0.1) is 0 Å². The van der Waals surface area contributed by atoms with Gasteiger partial charge in [0.1, 0.15) is 5.82 Å². The van der Waals surface area contributed by atoms with Crippen molar-refractivity contribution in [1.29, 1.82) is 0 Å². The number of aromatic nitrogens is 1. The zero-order chi connectivity index (χ0) is 24.4. The standard InChI is InChI=1S/C22H27F3N4O3S/c1-15(2)28(3)33(31,32)19-7-4-16(5-8-19)21(30)27-18-10-12-29(13-11-18)20-9-6-17(14-26-20)22(23,24)25/h4-9,14-15,18H,10-13H2,1-3H3,(H,27,30). The highest BCUT2D eigenvalue weighted by Crippen LogP contribution is 2.30. The van der Waals surface area contributed by atoms with Gasteiger partial charge in [0.25, 0.3) is 5.91 Å². The van der Waals surface area contributed by atoms with E-state index in [0.717, 1.165) is 12.3 Å². The summed E-state index contributed by atoms with van der Waals surface area (Å²) in [6.07, 6.45) is -2.37. The number of anilines is 1. The van der Waals surface area contributed by atoms with Crippen molar-refractivity contribution in [2.24, 2.45) is 0 Å². The van der Waals surface area contributed by atoms with Crippen molar-refractivity contribution in [3.8, 4) is 0 Å². The molecule has 1 aliphatic heterocycles. The maximum Gasteiger partial charge on any atom is 0.417 e. The third-order valence-electron chi connectivity index (χ3n) is 5.75. The number of rotatable bonds is 6. The van der Waals surface area contributed by atoms with Gasteiger partial charge in [0.05, 0.1) is 10.5 Å². The van der Waals surface area contributed by atoms with Crippen LogP contribution in [0.25, 0.3) is 0 Å². The zero-order valence-electron chi connectivity index (χ0n) is 18.6. The summed E-state index contributed by atoms with van der Waals surface area (Å²) in [6, 6.07) is 7.88. The summed E-state index contributed by atoms with van der Waals surface area (Å²) >= 11 is 0. The molecule has 1 fully saturated rings. The number of hydrogen-bond donors (Lipinski definition) is 1. The van der Waals surface area contributed by atoms with Crippen molar-refractivity contribution in [3.63, 3.8) is 0 Å². The van der Waals surface area contributed by atoms with Crippen LogP contribution in [-0.4, -0.2) is 55.8 Å². The molecule has 11 heteroatoms. The minimum atomic E-state index is -4.42. The Balaban J connectivity index is 1.56. The van der Waals surface area contributed by atoms with Crippen molar-refractivity contribution < 1.29 is 26.4 Å². The van der Waals surface area contributed by atoms with E-state index in [1.807, 2.05) is 4.90 Å². The predicted molar refractivity (Wildman–Crippen MR) is 118 cm³/mol. The number of sulfonamides is 1. The van der Waals surface area contributed by atoms with E-state index in [1.54, 1.807) is 13.8 Å². The lowest BCUT2D eigenvalue weighted by Gasteiger charge is -2.33. The molecular weight excluding hydrogens is 457 g/mol. The first-order valence-corrected chi connectivity index (χ1v) is 12.0. The summed E-state index contributed by atoms with van der Waals surface area (Å²) in [5, 5.41) is 2.94. The summed E-state index contributed by atoms with van der Waals surface area (Å²) < 4.78 is 64.4. The number of halogens is 3. The summed E-state index contributed by atoms with van der Waals surface area (Å²) in [6.45, 7) is 4.64. The maximum absolute atomic E-state index is 12.7. The van der Waals surface area contributed by atoms with Crippen LogP contribution in [0.2, 0.25) is 0 Å². The van der Waals surface area contributed by atoms with E-state index < -0.39 is 21.8 Å². The van der Waals surface area contributed by atoms with Gasteiger partial charge < -0.3 is 10.2 Å². The summed E-state index contributed by atoms with van der Waals surface area (Å²) in [5.74, 6) is 0.165. The highest BCUT2D eigenvalue weighted by atomic mass is 32.2. The summed E-state index contributed by atoms with van der Waals surface area (Å²) in [7, 11) is -2.12. The Morgan fingerprint density at radius 3 is 2.21 bits per heavy atom.